The minimum Gasteiger partial charge on any atom is -0.296 e. The summed E-state index contributed by atoms with van der Waals surface area (Å²) in [5, 5.41) is 0.667. The van der Waals surface area contributed by atoms with E-state index in [4.69, 9.17) is 11.6 Å². The summed E-state index contributed by atoms with van der Waals surface area (Å²) in [5.74, 6) is 0.998. The summed E-state index contributed by atoms with van der Waals surface area (Å²) in [5.41, 5.74) is 0. The van der Waals surface area contributed by atoms with E-state index >= 15 is 0 Å². The summed E-state index contributed by atoms with van der Waals surface area (Å²) in [6.07, 6.45) is 1.69. The number of amides is 1. The van der Waals surface area contributed by atoms with Crippen LogP contribution in [-0.4, -0.2) is 23.2 Å². The number of nitrogens with zero attached hydrogens (tertiary/aromatic N) is 2. The van der Waals surface area contributed by atoms with Crippen LogP contribution in [0.15, 0.2) is 52.0 Å². The Balaban J connectivity index is 2.04. The van der Waals surface area contributed by atoms with Crippen LogP contribution in [0.25, 0.3) is 0 Å². The van der Waals surface area contributed by atoms with Gasteiger partial charge in [0.15, 0.2) is 0 Å². The Hall–Kier alpha value is -1.04. The lowest BCUT2D eigenvalue weighted by Crippen LogP contribution is -2.32. The van der Waals surface area contributed by atoms with Crippen LogP contribution in [-0.2, 0) is 4.79 Å². The van der Waals surface area contributed by atoms with E-state index in [1.54, 1.807) is 11.1 Å². The first-order chi connectivity index (χ1) is 10.1. The van der Waals surface area contributed by atoms with E-state index in [-0.39, 0.29) is 5.91 Å². The van der Waals surface area contributed by atoms with Crippen LogP contribution in [0.5, 0.6) is 0 Å². The van der Waals surface area contributed by atoms with E-state index in [1.807, 2.05) is 43.3 Å². The predicted octanol–water partition coefficient (Wildman–Crippen LogP) is 4.64. The highest BCUT2D eigenvalue weighted by Gasteiger charge is 2.15. The smallest absolute Gasteiger partial charge is 0.238 e. The van der Waals surface area contributed by atoms with Crippen LogP contribution >= 0.6 is 39.3 Å². The van der Waals surface area contributed by atoms with Gasteiger partial charge >= 0.3 is 0 Å². The molecule has 0 saturated carbocycles. The van der Waals surface area contributed by atoms with Crippen molar-refractivity contribution in [1.82, 2.24) is 4.98 Å². The first-order valence-corrected chi connectivity index (χ1v) is 8.56. The van der Waals surface area contributed by atoms with E-state index in [2.05, 4.69) is 20.9 Å². The third kappa shape index (κ3) is 4.46. The normalized spacial score (nSPS) is 10.4. The Labute approximate surface area is 141 Å². The number of rotatable bonds is 5. The maximum atomic E-state index is 12.4. The predicted molar refractivity (Wildman–Crippen MR) is 92.1 cm³/mol. The number of pyridine rings is 1. The number of thioether (sulfide) groups is 1. The average Bonchev–Trinajstić information content (AvgIpc) is 2.49. The molecule has 2 rings (SSSR count). The summed E-state index contributed by atoms with van der Waals surface area (Å²) >= 11 is 10.9. The molecule has 3 nitrogen and oxygen atoms in total. The number of hydrogen-bond acceptors (Lipinski definition) is 3. The largest absolute Gasteiger partial charge is 0.296 e. The number of hydrogen-bond donors (Lipinski definition) is 0. The fraction of sp³-hybridized carbons (Fsp3) is 0.200. The molecule has 110 valence electrons. The van der Waals surface area contributed by atoms with E-state index < -0.39 is 0 Å². The zero-order valence-corrected chi connectivity index (χ0v) is 14.6. The fourth-order valence-electron chi connectivity index (χ4n) is 1.77. The van der Waals surface area contributed by atoms with E-state index in [0.29, 0.717) is 23.1 Å². The van der Waals surface area contributed by atoms with Gasteiger partial charge in [-0.3, -0.25) is 9.69 Å². The van der Waals surface area contributed by atoms with Crippen LogP contribution in [0.2, 0.25) is 5.02 Å². The van der Waals surface area contributed by atoms with Crippen molar-refractivity contribution in [3.8, 4) is 0 Å². The molecule has 0 aliphatic heterocycles. The molecule has 0 fully saturated rings. The van der Waals surface area contributed by atoms with Crippen molar-refractivity contribution in [3.63, 3.8) is 0 Å². The van der Waals surface area contributed by atoms with Crippen molar-refractivity contribution >= 4 is 51.0 Å². The van der Waals surface area contributed by atoms with E-state index in [1.165, 1.54) is 11.8 Å². The van der Waals surface area contributed by atoms with Gasteiger partial charge in [-0.2, -0.15) is 0 Å². The van der Waals surface area contributed by atoms with Crippen molar-refractivity contribution in [1.29, 1.82) is 0 Å². The molecule has 0 atom stereocenters. The van der Waals surface area contributed by atoms with E-state index in [9.17, 15) is 4.79 Å². The highest BCUT2D eigenvalue weighted by atomic mass is 79.9. The molecule has 1 heterocycles. The average molecular weight is 386 g/mol. The SMILES string of the molecule is CCN(C(=O)CSc1ccccc1Cl)c1ccc(Br)cn1. The maximum absolute atomic E-state index is 12.4. The number of benzene rings is 1. The molecule has 0 unspecified atom stereocenters. The minimum absolute atomic E-state index is 0.0113. The van der Waals surface area contributed by atoms with Crippen molar-refractivity contribution < 1.29 is 4.79 Å². The monoisotopic (exact) mass is 384 g/mol. The third-order valence-corrected chi connectivity index (χ3v) is 4.76. The van der Waals surface area contributed by atoms with Gasteiger partial charge in [-0.25, -0.2) is 4.98 Å². The molecule has 0 bridgehead atoms. The van der Waals surface area contributed by atoms with Gasteiger partial charge < -0.3 is 0 Å². The van der Waals surface area contributed by atoms with Gasteiger partial charge in [0.25, 0.3) is 0 Å². The van der Waals surface area contributed by atoms with E-state index in [0.717, 1.165) is 9.37 Å². The molecule has 21 heavy (non-hydrogen) atoms. The Morgan fingerprint density at radius 1 is 1.33 bits per heavy atom. The second-order valence-corrected chi connectivity index (χ2v) is 6.53. The van der Waals surface area contributed by atoms with Gasteiger partial charge in [0.1, 0.15) is 5.82 Å². The Bertz CT molecular complexity index is 621. The highest BCUT2D eigenvalue weighted by molar-refractivity contribution is 9.10. The molecule has 0 N–H and O–H groups in total. The van der Waals surface area contributed by atoms with Crippen molar-refractivity contribution in [3.05, 3.63) is 52.1 Å². The molecular formula is C15H14BrClN2OS. The molecule has 1 amide bonds. The number of carbonyl (C=O) groups excluding carboxylic acids is 1. The van der Waals surface area contributed by atoms with Gasteiger partial charge in [0.05, 0.1) is 10.8 Å². The third-order valence-electron chi connectivity index (χ3n) is 2.79. The summed E-state index contributed by atoms with van der Waals surface area (Å²) in [6.45, 7) is 2.51. The Morgan fingerprint density at radius 3 is 2.71 bits per heavy atom. The molecule has 6 heteroatoms. The topological polar surface area (TPSA) is 33.2 Å². The van der Waals surface area contributed by atoms with Crippen LogP contribution in [0, 0.1) is 0 Å². The highest BCUT2D eigenvalue weighted by Crippen LogP contribution is 2.27. The Morgan fingerprint density at radius 2 is 2.10 bits per heavy atom. The molecule has 0 radical (unpaired) electrons. The van der Waals surface area contributed by atoms with Crippen molar-refractivity contribution in [2.75, 3.05) is 17.2 Å². The molecule has 0 aliphatic carbocycles. The zero-order valence-electron chi connectivity index (χ0n) is 11.4. The number of aromatic nitrogens is 1. The summed E-state index contributed by atoms with van der Waals surface area (Å²) in [6, 6.07) is 11.2. The molecule has 0 saturated heterocycles. The lowest BCUT2D eigenvalue weighted by Gasteiger charge is -2.19. The number of carbonyl (C=O) groups is 1. The first-order valence-electron chi connectivity index (χ1n) is 6.41. The van der Waals surface area contributed by atoms with Gasteiger partial charge in [0.2, 0.25) is 5.91 Å². The molecule has 1 aromatic carbocycles. The first kappa shape index (κ1) is 16.3. The summed E-state index contributed by atoms with van der Waals surface area (Å²) in [4.78, 5) is 19.2. The van der Waals surface area contributed by atoms with Crippen molar-refractivity contribution in [2.24, 2.45) is 0 Å². The molecule has 0 spiro atoms. The van der Waals surface area contributed by atoms with Crippen LogP contribution in [0.3, 0.4) is 0 Å². The zero-order chi connectivity index (χ0) is 15.2. The van der Waals surface area contributed by atoms with Gasteiger partial charge in [0, 0.05) is 22.1 Å². The molecular weight excluding hydrogens is 372 g/mol. The minimum atomic E-state index is 0.0113. The quantitative estimate of drug-likeness (QED) is 0.703. The lowest BCUT2D eigenvalue weighted by atomic mass is 10.4. The van der Waals surface area contributed by atoms with Crippen LogP contribution < -0.4 is 4.90 Å². The second kappa shape index (κ2) is 7.82. The molecule has 0 aliphatic rings. The Kier molecular flexibility index (Phi) is 6.08. The molecule has 2 aromatic rings. The number of anilines is 1. The lowest BCUT2D eigenvalue weighted by molar-refractivity contribution is -0.116. The molecule has 1 aromatic heterocycles. The van der Waals surface area contributed by atoms with Gasteiger partial charge in [-0.1, -0.05) is 23.7 Å². The van der Waals surface area contributed by atoms with Crippen LogP contribution in [0.4, 0.5) is 5.82 Å². The maximum Gasteiger partial charge on any atom is 0.238 e. The fourth-order valence-corrected chi connectivity index (χ4v) is 3.12. The second-order valence-electron chi connectivity index (χ2n) is 4.19. The number of halogens is 2. The van der Waals surface area contributed by atoms with Gasteiger partial charge in [-0.05, 0) is 47.1 Å². The summed E-state index contributed by atoms with van der Waals surface area (Å²) < 4.78 is 0.889. The standard InChI is InChI=1S/C15H14BrClN2OS/c1-2-19(14-8-7-11(16)9-18-14)15(20)10-21-13-6-4-3-5-12(13)17/h3-9H,2,10H2,1H3. The summed E-state index contributed by atoms with van der Waals surface area (Å²) in [7, 11) is 0. The van der Waals surface area contributed by atoms with Gasteiger partial charge in [-0.15, -0.1) is 11.8 Å². The van der Waals surface area contributed by atoms with Crippen molar-refractivity contribution in [2.45, 2.75) is 11.8 Å². The van der Waals surface area contributed by atoms with Crippen LogP contribution in [0.1, 0.15) is 6.92 Å².